The monoisotopic (exact) mass is 359 g/mol. The largest absolute Gasteiger partial charge is 0.387 e. The van der Waals surface area contributed by atoms with Crippen LogP contribution >= 0.6 is 0 Å². The molecule has 0 radical (unpaired) electrons. The van der Waals surface area contributed by atoms with E-state index in [0.29, 0.717) is 23.1 Å². The molecular formula is C21H17N3O3. The van der Waals surface area contributed by atoms with Crippen LogP contribution in [0, 0.1) is 0 Å². The lowest BCUT2D eigenvalue weighted by atomic mass is 10.1. The highest BCUT2D eigenvalue weighted by Gasteiger charge is 2.07. The van der Waals surface area contributed by atoms with Gasteiger partial charge in [0.1, 0.15) is 6.61 Å². The lowest BCUT2D eigenvalue weighted by Crippen LogP contribution is -2.21. The number of fused-ring (bicyclic) bond motifs is 2. The molecule has 0 unspecified atom stereocenters. The standard InChI is InChI=1S/C21H17N3O3/c25-12-20(26)23-17-7-8-18-19(10-17)22-13-24(21(18)27)11-14-5-6-15-3-1-2-4-16(15)9-14/h1-10,13,25H,11-12H2,(H,23,26). The quantitative estimate of drug-likeness (QED) is 0.586. The number of nitrogens with zero attached hydrogens (tertiary/aromatic N) is 2. The van der Waals surface area contributed by atoms with E-state index in [2.05, 4.69) is 22.4 Å². The minimum absolute atomic E-state index is 0.145. The number of aromatic nitrogens is 2. The molecule has 0 atom stereocenters. The summed E-state index contributed by atoms with van der Waals surface area (Å²) in [4.78, 5) is 28.4. The zero-order valence-corrected chi connectivity index (χ0v) is 14.4. The molecule has 4 rings (SSSR count). The van der Waals surface area contributed by atoms with Crippen molar-refractivity contribution in [1.82, 2.24) is 9.55 Å². The van der Waals surface area contributed by atoms with Crippen LogP contribution in [0.1, 0.15) is 5.56 Å². The second kappa shape index (κ2) is 7.01. The molecule has 27 heavy (non-hydrogen) atoms. The molecule has 0 spiro atoms. The van der Waals surface area contributed by atoms with Crippen molar-refractivity contribution in [2.45, 2.75) is 6.54 Å². The van der Waals surface area contributed by atoms with Crippen LogP contribution in [0.5, 0.6) is 0 Å². The zero-order valence-electron chi connectivity index (χ0n) is 14.4. The summed E-state index contributed by atoms with van der Waals surface area (Å²) < 4.78 is 1.57. The molecule has 1 heterocycles. The average Bonchev–Trinajstić information content (AvgIpc) is 2.70. The van der Waals surface area contributed by atoms with Crippen LogP contribution in [-0.2, 0) is 11.3 Å². The van der Waals surface area contributed by atoms with Gasteiger partial charge in [0.25, 0.3) is 5.56 Å². The number of rotatable bonds is 4. The van der Waals surface area contributed by atoms with Gasteiger partial charge in [-0.3, -0.25) is 14.2 Å². The number of aliphatic hydroxyl groups excluding tert-OH is 1. The van der Waals surface area contributed by atoms with Gasteiger partial charge in [0.05, 0.1) is 23.8 Å². The van der Waals surface area contributed by atoms with E-state index < -0.39 is 12.5 Å². The van der Waals surface area contributed by atoms with Gasteiger partial charge < -0.3 is 10.4 Å². The van der Waals surface area contributed by atoms with Gasteiger partial charge in [-0.05, 0) is 40.6 Å². The predicted octanol–water partition coefficient (Wildman–Crippen LogP) is 2.53. The van der Waals surface area contributed by atoms with Gasteiger partial charge in [-0.2, -0.15) is 0 Å². The third kappa shape index (κ3) is 3.43. The van der Waals surface area contributed by atoms with E-state index in [1.165, 1.54) is 6.33 Å². The lowest BCUT2D eigenvalue weighted by Gasteiger charge is -2.09. The Hall–Kier alpha value is -3.51. The van der Waals surface area contributed by atoms with Gasteiger partial charge in [0.2, 0.25) is 5.91 Å². The summed E-state index contributed by atoms with van der Waals surface area (Å²) in [6.45, 7) is -0.172. The number of hydrogen-bond acceptors (Lipinski definition) is 4. The van der Waals surface area contributed by atoms with Crippen LogP contribution in [0.3, 0.4) is 0 Å². The molecule has 1 aromatic heterocycles. The summed E-state index contributed by atoms with van der Waals surface area (Å²) in [7, 11) is 0. The van der Waals surface area contributed by atoms with E-state index in [4.69, 9.17) is 5.11 Å². The number of aliphatic hydroxyl groups is 1. The first-order chi connectivity index (χ1) is 13.1. The zero-order chi connectivity index (χ0) is 18.8. The van der Waals surface area contributed by atoms with Crippen molar-refractivity contribution >= 4 is 33.3 Å². The summed E-state index contributed by atoms with van der Waals surface area (Å²) in [5.74, 6) is -0.515. The first kappa shape index (κ1) is 16.9. The number of carbonyl (C=O) groups is 1. The smallest absolute Gasteiger partial charge is 0.261 e. The van der Waals surface area contributed by atoms with Gasteiger partial charge in [-0.25, -0.2) is 4.98 Å². The Labute approximate surface area is 154 Å². The fourth-order valence-corrected chi connectivity index (χ4v) is 3.08. The Kier molecular flexibility index (Phi) is 4.40. The Morgan fingerprint density at radius 2 is 1.85 bits per heavy atom. The van der Waals surface area contributed by atoms with Gasteiger partial charge in [-0.1, -0.05) is 36.4 Å². The van der Waals surface area contributed by atoms with E-state index in [-0.39, 0.29) is 5.56 Å². The number of nitrogens with one attached hydrogen (secondary N) is 1. The molecule has 6 heteroatoms. The Bertz CT molecular complexity index is 1210. The maximum atomic E-state index is 12.8. The Morgan fingerprint density at radius 1 is 1.04 bits per heavy atom. The van der Waals surface area contributed by atoms with Crippen LogP contribution in [0.2, 0.25) is 0 Å². The van der Waals surface area contributed by atoms with Gasteiger partial charge in [-0.15, -0.1) is 0 Å². The maximum Gasteiger partial charge on any atom is 0.261 e. The van der Waals surface area contributed by atoms with E-state index >= 15 is 0 Å². The molecular weight excluding hydrogens is 342 g/mol. The number of hydrogen-bond donors (Lipinski definition) is 2. The van der Waals surface area contributed by atoms with Gasteiger partial charge >= 0.3 is 0 Å². The first-order valence-corrected chi connectivity index (χ1v) is 8.51. The van der Waals surface area contributed by atoms with Crippen LogP contribution in [0.15, 0.2) is 71.8 Å². The molecule has 0 aliphatic carbocycles. The second-order valence-electron chi connectivity index (χ2n) is 6.30. The van der Waals surface area contributed by atoms with Gasteiger partial charge in [0, 0.05) is 5.69 Å². The highest BCUT2D eigenvalue weighted by molar-refractivity contribution is 5.93. The third-order valence-corrected chi connectivity index (χ3v) is 4.42. The topological polar surface area (TPSA) is 84.2 Å². The number of amides is 1. The molecule has 134 valence electrons. The van der Waals surface area contributed by atoms with Crippen LogP contribution in [-0.4, -0.2) is 27.2 Å². The highest BCUT2D eigenvalue weighted by Crippen LogP contribution is 2.17. The Morgan fingerprint density at radius 3 is 2.67 bits per heavy atom. The van der Waals surface area contributed by atoms with Crippen LogP contribution in [0.4, 0.5) is 5.69 Å². The molecule has 2 N–H and O–H groups in total. The predicted molar refractivity (Wildman–Crippen MR) is 105 cm³/mol. The summed E-state index contributed by atoms with van der Waals surface area (Å²) in [6, 6.07) is 19.1. The van der Waals surface area contributed by atoms with Crippen molar-refractivity contribution in [2.24, 2.45) is 0 Å². The maximum absolute atomic E-state index is 12.8. The lowest BCUT2D eigenvalue weighted by molar-refractivity contribution is -0.118. The molecule has 3 aromatic carbocycles. The summed E-state index contributed by atoms with van der Waals surface area (Å²) >= 11 is 0. The highest BCUT2D eigenvalue weighted by atomic mass is 16.3. The fraction of sp³-hybridized carbons (Fsp3) is 0.0952. The van der Waals surface area contributed by atoms with Crippen molar-refractivity contribution in [3.63, 3.8) is 0 Å². The average molecular weight is 359 g/mol. The molecule has 0 bridgehead atoms. The first-order valence-electron chi connectivity index (χ1n) is 8.51. The summed E-state index contributed by atoms with van der Waals surface area (Å²) in [5, 5.41) is 14.1. The normalized spacial score (nSPS) is 11.0. The molecule has 0 aliphatic rings. The Balaban J connectivity index is 1.67. The van der Waals surface area contributed by atoms with Crippen LogP contribution in [0.25, 0.3) is 21.7 Å². The molecule has 1 amide bonds. The molecule has 6 nitrogen and oxygen atoms in total. The van der Waals surface area contributed by atoms with Gasteiger partial charge in [0.15, 0.2) is 0 Å². The molecule has 0 saturated heterocycles. The second-order valence-corrected chi connectivity index (χ2v) is 6.30. The number of carbonyl (C=O) groups excluding carboxylic acids is 1. The minimum atomic E-state index is -0.598. The SMILES string of the molecule is O=C(CO)Nc1ccc2c(=O)n(Cc3ccc4ccccc4c3)cnc2c1. The molecule has 0 aliphatic heterocycles. The van der Waals surface area contributed by atoms with Crippen molar-refractivity contribution in [3.05, 3.63) is 82.9 Å². The van der Waals surface area contributed by atoms with Crippen molar-refractivity contribution in [1.29, 1.82) is 0 Å². The van der Waals surface area contributed by atoms with E-state index in [9.17, 15) is 9.59 Å². The minimum Gasteiger partial charge on any atom is -0.387 e. The molecule has 0 saturated carbocycles. The molecule has 0 fully saturated rings. The fourth-order valence-electron chi connectivity index (χ4n) is 3.08. The van der Waals surface area contributed by atoms with E-state index in [1.54, 1.807) is 22.8 Å². The van der Waals surface area contributed by atoms with E-state index in [1.807, 2.05) is 30.3 Å². The van der Waals surface area contributed by atoms with Crippen molar-refractivity contribution < 1.29 is 9.90 Å². The number of benzene rings is 3. The van der Waals surface area contributed by atoms with E-state index in [0.717, 1.165) is 16.3 Å². The van der Waals surface area contributed by atoms with Crippen LogP contribution < -0.4 is 10.9 Å². The number of anilines is 1. The summed E-state index contributed by atoms with van der Waals surface area (Å²) in [6.07, 6.45) is 1.51. The summed E-state index contributed by atoms with van der Waals surface area (Å²) in [5.41, 5.74) is 1.85. The third-order valence-electron chi connectivity index (χ3n) is 4.42. The van der Waals surface area contributed by atoms with Crippen molar-refractivity contribution in [3.8, 4) is 0 Å². The van der Waals surface area contributed by atoms with Crippen molar-refractivity contribution in [2.75, 3.05) is 11.9 Å². The molecule has 4 aromatic rings.